The maximum Gasteiger partial charge on any atom is 0.335 e. The van der Waals surface area contributed by atoms with Crippen molar-refractivity contribution >= 4 is 17.9 Å². The van der Waals surface area contributed by atoms with Crippen molar-refractivity contribution in [3.63, 3.8) is 0 Å². The van der Waals surface area contributed by atoms with E-state index in [-0.39, 0.29) is 19.4 Å². The van der Waals surface area contributed by atoms with E-state index in [0.29, 0.717) is 12.8 Å². The average Bonchev–Trinajstić information content (AvgIpc) is 3.21. The number of aliphatic carboxylic acids is 1. The van der Waals surface area contributed by atoms with E-state index in [2.05, 4.69) is 50.3 Å². The molecule has 4 N–H and O–H groups in total. The number of aliphatic hydroxyl groups is 3. The monoisotopic (exact) mass is 823 g/mol. The molecule has 0 radical (unpaired) electrons. The lowest BCUT2D eigenvalue weighted by atomic mass is 9.99. The van der Waals surface area contributed by atoms with Crippen molar-refractivity contribution in [2.24, 2.45) is 0 Å². The number of allylic oxidation sites excluding steroid dienone is 6. The van der Waals surface area contributed by atoms with Gasteiger partial charge >= 0.3 is 17.9 Å². The largest absolute Gasteiger partial charge is 0.479 e. The highest BCUT2D eigenvalue weighted by Crippen LogP contribution is 2.23. The van der Waals surface area contributed by atoms with Crippen molar-refractivity contribution in [3.05, 3.63) is 36.5 Å². The van der Waals surface area contributed by atoms with Crippen molar-refractivity contribution < 1.29 is 53.8 Å². The van der Waals surface area contributed by atoms with Gasteiger partial charge in [0.15, 0.2) is 18.5 Å². The molecule has 11 heteroatoms. The zero-order chi connectivity index (χ0) is 42.5. The Morgan fingerprint density at radius 3 is 1.48 bits per heavy atom. The molecule has 0 aromatic heterocycles. The maximum absolute atomic E-state index is 12.8. The van der Waals surface area contributed by atoms with E-state index in [1.807, 2.05) is 0 Å². The lowest BCUT2D eigenvalue weighted by Gasteiger charge is -2.38. The highest BCUT2D eigenvalue weighted by Gasteiger charge is 2.47. The van der Waals surface area contributed by atoms with Gasteiger partial charge in [-0.25, -0.2) is 4.79 Å². The molecule has 0 aliphatic carbocycles. The number of esters is 2. The second-order valence-corrected chi connectivity index (χ2v) is 15.9. The lowest BCUT2D eigenvalue weighted by Crippen LogP contribution is -2.60. The van der Waals surface area contributed by atoms with E-state index < -0.39 is 61.3 Å². The van der Waals surface area contributed by atoms with E-state index in [9.17, 15) is 34.8 Å². The summed E-state index contributed by atoms with van der Waals surface area (Å²) >= 11 is 0. The number of rotatable bonds is 38. The Balaban J connectivity index is 2.37. The van der Waals surface area contributed by atoms with Gasteiger partial charge in [0, 0.05) is 12.8 Å². The Hall–Kier alpha value is -2.57. The first-order valence-corrected chi connectivity index (χ1v) is 23.0. The van der Waals surface area contributed by atoms with Gasteiger partial charge in [0.05, 0.1) is 6.61 Å². The molecule has 0 bridgehead atoms. The van der Waals surface area contributed by atoms with Crippen LogP contribution in [0.15, 0.2) is 36.5 Å². The number of hydrogen-bond acceptors (Lipinski definition) is 10. The van der Waals surface area contributed by atoms with E-state index in [1.54, 1.807) is 0 Å². The van der Waals surface area contributed by atoms with Crippen molar-refractivity contribution in [1.82, 2.24) is 0 Å². The van der Waals surface area contributed by atoms with Gasteiger partial charge in [-0.1, -0.05) is 147 Å². The second-order valence-electron chi connectivity index (χ2n) is 15.9. The van der Waals surface area contributed by atoms with E-state index >= 15 is 0 Å². The molecule has 1 saturated heterocycles. The fourth-order valence-electron chi connectivity index (χ4n) is 6.79. The normalized spacial score (nSPS) is 20.3. The number of ether oxygens (including phenoxy) is 4. The zero-order valence-corrected chi connectivity index (χ0v) is 36.3. The molecule has 336 valence electrons. The summed E-state index contributed by atoms with van der Waals surface area (Å²) < 4.78 is 21.7. The average molecular weight is 823 g/mol. The molecule has 11 nitrogen and oxygen atoms in total. The van der Waals surface area contributed by atoms with Crippen LogP contribution >= 0.6 is 0 Å². The summed E-state index contributed by atoms with van der Waals surface area (Å²) in [6, 6.07) is 0. The number of carboxylic acid groups (broad SMARTS) is 1. The quantitative estimate of drug-likeness (QED) is 0.0266. The Morgan fingerprint density at radius 1 is 0.534 bits per heavy atom. The summed E-state index contributed by atoms with van der Waals surface area (Å²) in [6.07, 6.45) is 33.3. The summed E-state index contributed by atoms with van der Waals surface area (Å²) in [6.45, 7) is 3.77. The van der Waals surface area contributed by atoms with Gasteiger partial charge in [-0.15, -0.1) is 0 Å². The smallest absolute Gasteiger partial charge is 0.335 e. The van der Waals surface area contributed by atoms with Crippen molar-refractivity contribution in [2.45, 2.75) is 230 Å². The van der Waals surface area contributed by atoms with E-state index in [4.69, 9.17) is 18.9 Å². The first-order chi connectivity index (χ1) is 28.2. The zero-order valence-electron chi connectivity index (χ0n) is 36.3. The molecule has 0 amide bonds. The molecule has 0 spiro atoms. The minimum atomic E-state index is -1.86. The van der Waals surface area contributed by atoms with Gasteiger partial charge in [0.25, 0.3) is 0 Å². The minimum Gasteiger partial charge on any atom is -0.479 e. The van der Waals surface area contributed by atoms with Gasteiger partial charge < -0.3 is 39.4 Å². The van der Waals surface area contributed by atoms with Gasteiger partial charge in [0.2, 0.25) is 0 Å². The SMILES string of the molecule is CCCCC/C=C\C/C=C\CCCCCCCCCC(=O)OCC(COC1OC(C(=O)O)C(O)C(O)C1O)OC(=O)CCCCCCC/C=C\CCCCCCCC. The van der Waals surface area contributed by atoms with Crippen LogP contribution in [-0.4, -0.2) is 88.4 Å². The van der Waals surface area contributed by atoms with Crippen LogP contribution in [0.25, 0.3) is 0 Å². The third-order valence-corrected chi connectivity index (χ3v) is 10.5. The first kappa shape index (κ1) is 53.4. The van der Waals surface area contributed by atoms with Crippen LogP contribution in [0.4, 0.5) is 0 Å². The number of aliphatic hydroxyl groups excluding tert-OH is 3. The third kappa shape index (κ3) is 28.8. The third-order valence-electron chi connectivity index (χ3n) is 10.5. The molecular formula is C47H82O11. The van der Waals surface area contributed by atoms with Crippen LogP contribution in [0.2, 0.25) is 0 Å². The molecule has 0 aromatic rings. The number of carbonyl (C=O) groups is 3. The van der Waals surface area contributed by atoms with Crippen LogP contribution in [-0.2, 0) is 33.3 Å². The topological polar surface area (TPSA) is 169 Å². The van der Waals surface area contributed by atoms with Crippen LogP contribution < -0.4 is 0 Å². The van der Waals surface area contributed by atoms with Crippen LogP contribution in [0, 0.1) is 0 Å². The summed E-state index contributed by atoms with van der Waals surface area (Å²) in [4.78, 5) is 36.8. The fraction of sp³-hybridized carbons (Fsp3) is 0.809. The molecule has 0 saturated carbocycles. The maximum atomic E-state index is 12.8. The lowest BCUT2D eigenvalue weighted by molar-refractivity contribution is -0.298. The van der Waals surface area contributed by atoms with Crippen molar-refractivity contribution in [3.8, 4) is 0 Å². The van der Waals surface area contributed by atoms with E-state index in [0.717, 1.165) is 70.6 Å². The molecule has 0 aromatic carbocycles. The number of carboxylic acids is 1. The molecule has 1 heterocycles. The predicted molar refractivity (Wildman–Crippen MR) is 229 cm³/mol. The molecule has 6 unspecified atom stereocenters. The second kappa shape index (κ2) is 37.4. The van der Waals surface area contributed by atoms with Crippen molar-refractivity contribution in [2.75, 3.05) is 13.2 Å². The number of unbranched alkanes of at least 4 members (excludes halogenated alkanes) is 21. The highest BCUT2D eigenvalue weighted by molar-refractivity contribution is 5.73. The van der Waals surface area contributed by atoms with Gasteiger partial charge in [-0.05, 0) is 70.6 Å². The van der Waals surface area contributed by atoms with Gasteiger partial charge in [0.1, 0.15) is 24.9 Å². The van der Waals surface area contributed by atoms with Gasteiger partial charge in [-0.2, -0.15) is 0 Å². The first-order valence-electron chi connectivity index (χ1n) is 23.0. The van der Waals surface area contributed by atoms with Crippen LogP contribution in [0.3, 0.4) is 0 Å². The Bertz CT molecular complexity index is 1110. The van der Waals surface area contributed by atoms with Crippen molar-refractivity contribution in [1.29, 1.82) is 0 Å². The molecule has 58 heavy (non-hydrogen) atoms. The van der Waals surface area contributed by atoms with Crippen LogP contribution in [0.5, 0.6) is 0 Å². The minimum absolute atomic E-state index is 0.171. The van der Waals surface area contributed by atoms with E-state index in [1.165, 1.54) is 83.5 Å². The predicted octanol–water partition coefficient (Wildman–Crippen LogP) is 9.98. The standard InChI is InChI=1S/C47H82O11/c1-3-5-7-9-11-13-15-17-19-20-22-23-25-27-29-31-33-35-40(48)55-37-39(38-56-47-44(52)42(50)43(51)45(58-47)46(53)54)57-41(49)36-34-32-30-28-26-24-21-18-16-14-12-10-8-6-4-2/h11,13,17-19,21,39,42-45,47,50-52H,3-10,12,14-16,20,22-38H2,1-2H3,(H,53,54)/b13-11-,19-17-,21-18-. The summed E-state index contributed by atoms with van der Waals surface area (Å²) in [5, 5.41) is 39.8. The molecule has 1 fully saturated rings. The number of carbonyl (C=O) groups excluding carboxylic acids is 2. The van der Waals surface area contributed by atoms with Crippen LogP contribution in [0.1, 0.15) is 194 Å². The highest BCUT2D eigenvalue weighted by atomic mass is 16.7. The Morgan fingerprint density at radius 2 is 0.966 bits per heavy atom. The molecule has 1 rings (SSSR count). The summed E-state index contributed by atoms with van der Waals surface area (Å²) in [5.74, 6) is -2.46. The molecule has 1 aliphatic rings. The summed E-state index contributed by atoms with van der Waals surface area (Å²) in [5.41, 5.74) is 0. The molecule has 1 aliphatic heterocycles. The summed E-state index contributed by atoms with van der Waals surface area (Å²) in [7, 11) is 0. The van der Waals surface area contributed by atoms with Gasteiger partial charge in [-0.3, -0.25) is 9.59 Å². The Kier molecular flexibility index (Phi) is 34.5. The Labute approximate surface area is 351 Å². The molecular weight excluding hydrogens is 741 g/mol. The number of hydrogen-bond donors (Lipinski definition) is 4. The molecule has 6 atom stereocenters. The fourth-order valence-corrected chi connectivity index (χ4v) is 6.79.